The van der Waals surface area contributed by atoms with E-state index in [-0.39, 0.29) is 12.1 Å². The molecule has 0 spiro atoms. The van der Waals surface area contributed by atoms with Gasteiger partial charge in [0, 0.05) is 5.56 Å². The average Bonchev–Trinajstić information content (AvgIpc) is 3.03. The minimum atomic E-state index is -4.36. The van der Waals surface area contributed by atoms with Gasteiger partial charge in [-0.1, -0.05) is 24.3 Å². The lowest BCUT2D eigenvalue weighted by molar-refractivity contribution is -0.137. The van der Waals surface area contributed by atoms with E-state index in [4.69, 9.17) is 5.11 Å². The molecule has 3 aromatic rings. The number of rotatable bonds is 4. The normalized spacial score (nSPS) is 11.5. The molecule has 0 bridgehead atoms. The van der Waals surface area contributed by atoms with Gasteiger partial charge < -0.3 is 5.11 Å². The number of hydrogen-bond donors (Lipinski definition) is 1. The molecular formula is C17H12F3N3O2. The van der Waals surface area contributed by atoms with Gasteiger partial charge in [0.2, 0.25) is 0 Å². The van der Waals surface area contributed by atoms with E-state index in [1.165, 1.54) is 35.3 Å². The number of alkyl halides is 3. The molecule has 0 unspecified atom stereocenters. The summed E-state index contributed by atoms with van der Waals surface area (Å²) in [4.78, 5) is 15.0. The number of carboxylic acids is 1. The quantitative estimate of drug-likeness (QED) is 0.781. The molecule has 0 aliphatic rings. The van der Waals surface area contributed by atoms with E-state index in [1.54, 1.807) is 12.1 Å². The zero-order chi connectivity index (χ0) is 18.0. The molecule has 3 rings (SSSR count). The summed E-state index contributed by atoms with van der Waals surface area (Å²) in [5, 5.41) is 13.1. The first-order chi connectivity index (χ1) is 11.8. The van der Waals surface area contributed by atoms with Gasteiger partial charge in [0.1, 0.15) is 6.33 Å². The van der Waals surface area contributed by atoms with Crippen LogP contribution in [0.2, 0.25) is 0 Å². The second-order valence-corrected chi connectivity index (χ2v) is 5.34. The van der Waals surface area contributed by atoms with Gasteiger partial charge in [-0.2, -0.15) is 18.3 Å². The summed E-state index contributed by atoms with van der Waals surface area (Å²) in [6.07, 6.45) is -2.89. The SMILES string of the molecule is O=C(O)c1ccc(-c2ncn(Cc3ccc(C(F)(F)F)cc3)n2)cc1. The second kappa shape index (κ2) is 6.39. The Labute approximate surface area is 140 Å². The van der Waals surface area contributed by atoms with Crippen LogP contribution in [0, 0.1) is 0 Å². The third kappa shape index (κ3) is 3.85. The number of aromatic carboxylic acids is 1. The maximum absolute atomic E-state index is 12.6. The molecular weight excluding hydrogens is 335 g/mol. The number of aromatic nitrogens is 3. The fourth-order valence-electron chi connectivity index (χ4n) is 2.25. The molecule has 5 nitrogen and oxygen atoms in total. The van der Waals surface area contributed by atoms with E-state index in [1.807, 2.05) is 0 Å². The third-order valence-electron chi connectivity index (χ3n) is 3.55. The first kappa shape index (κ1) is 16.7. The highest BCUT2D eigenvalue weighted by Crippen LogP contribution is 2.29. The fraction of sp³-hybridized carbons (Fsp3) is 0.118. The van der Waals surface area contributed by atoms with Gasteiger partial charge in [-0.15, -0.1) is 0 Å². The molecule has 8 heteroatoms. The third-order valence-corrected chi connectivity index (χ3v) is 3.55. The Kier molecular flexibility index (Phi) is 4.26. The molecule has 0 radical (unpaired) electrons. The first-order valence-corrected chi connectivity index (χ1v) is 7.22. The van der Waals surface area contributed by atoms with Gasteiger partial charge in [-0.3, -0.25) is 0 Å². The van der Waals surface area contributed by atoms with Crippen LogP contribution in [0.5, 0.6) is 0 Å². The minimum absolute atomic E-state index is 0.160. The van der Waals surface area contributed by atoms with E-state index in [0.29, 0.717) is 17.0 Å². The van der Waals surface area contributed by atoms with Crippen molar-refractivity contribution in [1.82, 2.24) is 14.8 Å². The van der Waals surface area contributed by atoms with Crippen molar-refractivity contribution in [2.24, 2.45) is 0 Å². The van der Waals surface area contributed by atoms with Crippen molar-refractivity contribution in [2.45, 2.75) is 12.7 Å². The van der Waals surface area contributed by atoms with Crippen molar-refractivity contribution in [3.63, 3.8) is 0 Å². The van der Waals surface area contributed by atoms with Crippen LogP contribution in [0.15, 0.2) is 54.9 Å². The van der Waals surface area contributed by atoms with Crippen LogP contribution in [-0.4, -0.2) is 25.8 Å². The molecule has 0 fully saturated rings. The van der Waals surface area contributed by atoms with E-state index < -0.39 is 17.7 Å². The Morgan fingerprint density at radius 3 is 2.24 bits per heavy atom. The summed E-state index contributed by atoms with van der Waals surface area (Å²) in [5.41, 5.74) is 0.767. The number of halogens is 3. The predicted octanol–water partition coefficient (Wildman–Crippen LogP) is 3.71. The summed E-state index contributed by atoms with van der Waals surface area (Å²) in [5.74, 6) is -0.615. The van der Waals surface area contributed by atoms with Gasteiger partial charge >= 0.3 is 12.1 Å². The monoisotopic (exact) mass is 347 g/mol. The van der Waals surface area contributed by atoms with Crippen molar-refractivity contribution < 1.29 is 23.1 Å². The summed E-state index contributed by atoms with van der Waals surface area (Å²) in [6, 6.07) is 10.9. The summed E-state index contributed by atoms with van der Waals surface area (Å²) >= 11 is 0. The second-order valence-electron chi connectivity index (χ2n) is 5.34. The Bertz CT molecular complexity index is 885. The van der Waals surface area contributed by atoms with Gasteiger partial charge in [-0.05, 0) is 29.8 Å². The molecule has 0 aliphatic carbocycles. The zero-order valence-corrected chi connectivity index (χ0v) is 12.7. The highest BCUT2D eigenvalue weighted by molar-refractivity contribution is 5.88. The van der Waals surface area contributed by atoms with Crippen LogP contribution in [0.1, 0.15) is 21.5 Å². The standard InChI is InChI=1S/C17H12F3N3O2/c18-17(19,20)14-7-1-11(2-8-14)9-23-10-21-15(22-23)12-3-5-13(6-4-12)16(24)25/h1-8,10H,9H2,(H,24,25). The molecule has 1 aromatic heterocycles. The molecule has 0 saturated heterocycles. The molecule has 128 valence electrons. The van der Waals surface area contributed by atoms with Crippen LogP contribution >= 0.6 is 0 Å². The van der Waals surface area contributed by atoms with Crippen LogP contribution in [0.3, 0.4) is 0 Å². The van der Waals surface area contributed by atoms with Crippen molar-refractivity contribution in [1.29, 1.82) is 0 Å². The van der Waals surface area contributed by atoms with Crippen LogP contribution in [0.25, 0.3) is 11.4 Å². The Hall–Kier alpha value is -3.16. The smallest absolute Gasteiger partial charge is 0.416 e. The maximum Gasteiger partial charge on any atom is 0.416 e. The van der Waals surface area contributed by atoms with E-state index in [0.717, 1.165) is 12.1 Å². The van der Waals surface area contributed by atoms with Gasteiger partial charge in [0.05, 0.1) is 17.7 Å². The van der Waals surface area contributed by atoms with Crippen molar-refractivity contribution >= 4 is 5.97 Å². The minimum Gasteiger partial charge on any atom is -0.478 e. The van der Waals surface area contributed by atoms with E-state index >= 15 is 0 Å². The molecule has 2 aromatic carbocycles. The molecule has 1 N–H and O–H groups in total. The number of benzene rings is 2. The Morgan fingerprint density at radius 2 is 1.68 bits per heavy atom. The predicted molar refractivity (Wildman–Crippen MR) is 83.0 cm³/mol. The van der Waals surface area contributed by atoms with Crippen LogP contribution in [-0.2, 0) is 12.7 Å². The first-order valence-electron chi connectivity index (χ1n) is 7.22. The molecule has 0 saturated carbocycles. The molecule has 25 heavy (non-hydrogen) atoms. The molecule has 0 aliphatic heterocycles. The lowest BCUT2D eigenvalue weighted by atomic mass is 10.1. The van der Waals surface area contributed by atoms with Gasteiger partial charge in [-0.25, -0.2) is 14.5 Å². The Balaban J connectivity index is 1.74. The lowest BCUT2D eigenvalue weighted by Crippen LogP contribution is -2.05. The lowest BCUT2D eigenvalue weighted by Gasteiger charge is -2.07. The van der Waals surface area contributed by atoms with Crippen LogP contribution < -0.4 is 0 Å². The summed E-state index contributed by atoms with van der Waals surface area (Å²) < 4.78 is 39.2. The van der Waals surface area contributed by atoms with Gasteiger partial charge in [0.15, 0.2) is 5.82 Å². The van der Waals surface area contributed by atoms with Crippen molar-refractivity contribution in [3.05, 3.63) is 71.5 Å². The molecule has 0 amide bonds. The van der Waals surface area contributed by atoms with Crippen LogP contribution in [0.4, 0.5) is 13.2 Å². The molecule has 0 atom stereocenters. The number of carbonyl (C=O) groups is 1. The van der Waals surface area contributed by atoms with Crippen molar-refractivity contribution in [2.75, 3.05) is 0 Å². The van der Waals surface area contributed by atoms with Crippen molar-refractivity contribution in [3.8, 4) is 11.4 Å². The highest BCUT2D eigenvalue weighted by Gasteiger charge is 2.29. The number of hydrogen-bond acceptors (Lipinski definition) is 3. The summed E-state index contributed by atoms with van der Waals surface area (Å²) in [7, 11) is 0. The zero-order valence-electron chi connectivity index (χ0n) is 12.7. The highest BCUT2D eigenvalue weighted by atomic mass is 19.4. The fourth-order valence-corrected chi connectivity index (χ4v) is 2.25. The maximum atomic E-state index is 12.6. The topological polar surface area (TPSA) is 68.0 Å². The van der Waals surface area contributed by atoms with E-state index in [9.17, 15) is 18.0 Å². The molecule has 1 heterocycles. The largest absolute Gasteiger partial charge is 0.478 e. The number of nitrogens with zero attached hydrogens (tertiary/aromatic N) is 3. The van der Waals surface area contributed by atoms with Gasteiger partial charge in [0.25, 0.3) is 0 Å². The average molecular weight is 347 g/mol. The Morgan fingerprint density at radius 1 is 1.04 bits per heavy atom. The summed E-state index contributed by atoms with van der Waals surface area (Å²) in [6.45, 7) is 0.276. The number of carboxylic acid groups (broad SMARTS) is 1. The van der Waals surface area contributed by atoms with E-state index in [2.05, 4.69) is 10.1 Å².